The van der Waals surface area contributed by atoms with Crippen molar-refractivity contribution in [2.24, 2.45) is 5.92 Å². The molecule has 0 unspecified atom stereocenters. The number of rotatable bonds is 7. The Hall–Kier alpha value is -5.46. The summed E-state index contributed by atoms with van der Waals surface area (Å²) >= 11 is 0. The van der Waals surface area contributed by atoms with E-state index in [1.54, 1.807) is 6.20 Å². The molecule has 0 amide bonds. The van der Waals surface area contributed by atoms with Gasteiger partial charge in [-0.05, 0) is 59.1 Å². The van der Waals surface area contributed by atoms with Crippen molar-refractivity contribution in [3.63, 3.8) is 0 Å². The molecule has 9 rings (SSSR count). The molecule has 0 aliphatic heterocycles. The number of para-hydroxylation sites is 3. The summed E-state index contributed by atoms with van der Waals surface area (Å²) in [6.07, 6.45) is 4.99. The van der Waals surface area contributed by atoms with Gasteiger partial charge in [0, 0.05) is 49.1 Å². The van der Waals surface area contributed by atoms with Gasteiger partial charge in [0.2, 0.25) is 5.71 Å². The van der Waals surface area contributed by atoms with E-state index in [1.807, 2.05) is 66.7 Å². The maximum absolute atomic E-state index is 6.24. The van der Waals surface area contributed by atoms with E-state index >= 15 is 0 Å². The van der Waals surface area contributed by atoms with E-state index in [2.05, 4.69) is 133 Å². The smallest absolute Gasteiger partial charge is 0.216 e. The number of nitrogens with zero attached hydrogens (tertiary/aromatic N) is 4. The van der Waals surface area contributed by atoms with Crippen molar-refractivity contribution in [3.05, 3.63) is 164 Å². The van der Waals surface area contributed by atoms with Gasteiger partial charge >= 0.3 is 0 Å². The van der Waals surface area contributed by atoms with E-state index in [-0.39, 0.29) is 20.1 Å². The number of aromatic nitrogens is 4. The summed E-state index contributed by atoms with van der Waals surface area (Å²) in [5.74, 6) is 1.45. The van der Waals surface area contributed by atoms with Gasteiger partial charge in [-0.15, -0.1) is 54.1 Å². The van der Waals surface area contributed by atoms with Crippen LogP contribution in [-0.2, 0) is 26.5 Å². The Labute approximate surface area is 337 Å². The van der Waals surface area contributed by atoms with Crippen molar-refractivity contribution in [2.75, 3.05) is 0 Å². The first kappa shape index (κ1) is 37.8. The van der Waals surface area contributed by atoms with Crippen molar-refractivity contribution in [1.82, 2.24) is 19.5 Å². The molecule has 1 radical (unpaired) electrons. The van der Waals surface area contributed by atoms with Crippen LogP contribution in [0.25, 0.3) is 72.6 Å². The van der Waals surface area contributed by atoms with E-state index in [9.17, 15) is 0 Å². The van der Waals surface area contributed by atoms with Gasteiger partial charge in [-0.2, -0.15) is 0 Å². The van der Waals surface area contributed by atoms with Gasteiger partial charge in [0.25, 0.3) is 0 Å². The average molecular weight is 911 g/mol. The van der Waals surface area contributed by atoms with Gasteiger partial charge in [0.05, 0.1) is 30.5 Å². The van der Waals surface area contributed by atoms with Crippen LogP contribution in [0.2, 0.25) is 19.6 Å². The topological polar surface area (TPSA) is 56.7 Å². The van der Waals surface area contributed by atoms with Crippen molar-refractivity contribution in [1.29, 1.82) is 0 Å². The molecule has 55 heavy (non-hydrogen) atoms. The Morgan fingerprint density at radius 1 is 0.745 bits per heavy atom. The van der Waals surface area contributed by atoms with Crippen molar-refractivity contribution < 1.29 is 24.5 Å². The zero-order valence-corrected chi connectivity index (χ0v) is 35.1. The predicted molar refractivity (Wildman–Crippen MR) is 226 cm³/mol. The number of furan rings is 1. The third-order valence-corrected chi connectivity index (χ3v) is 11.7. The fourth-order valence-electron chi connectivity index (χ4n) is 7.19. The van der Waals surface area contributed by atoms with Gasteiger partial charge in [-0.3, -0.25) is 4.98 Å². The number of fused-ring (bicyclic) bond motifs is 4. The molecule has 0 atom stereocenters. The first-order valence-electron chi connectivity index (χ1n) is 18.5. The van der Waals surface area contributed by atoms with Crippen LogP contribution in [0.5, 0.6) is 0 Å². The van der Waals surface area contributed by atoms with Gasteiger partial charge in [0.15, 0.2) is 0 Å². The Kier molecular flexibility index (Phi) is 11.1. The van der Waals surface area contributed by atoms with Crippen molar-refractivity contribution in [3.8, 4) is 39.5 Å². The van der Waals surface area contributed by atoms with Gasteiger partial charge in [0.1, 0.15) is 0 Å². The summed E-state index contributed by atoms with van der Waals surface area (Å²) in [6.45, 7) is 11.7. The quantitative estimate of drug-likeness (QED) is 0.118. The molecule has 4 aromatic heterocycles. The number of hydrogen-bond acceptors (Lipinski definition) is 4. The predicted octanol–water partition coefficient (Wildman–Crippen LogP) is 11.7. The fraction of sp³-hybridized carbons (Fsp3) is 0.146. The maximum Gasteiger partial charge on any atom is 0.216 e. The zero-order valence-electron chi connectivity index (χ0n) is 31.7. The Morgan fingerprint density at radius 2 is 1.51 bits per heavy atom. The first-order valence-corrected chi connectivity index (χ1v) is 22.0. The molecule has 275 valence electrons. The van der Waals surface area contributed by atoms with Crippen LogP contribution in [0.4, 0.5) is 0 Å². The fourth-order valence-corrected chi connectivity index (χ4v) is 8.78. The molecule has 0 bridgehead atoms. The van der Waals surface area contributed by atoms with Gasteiger partial charge < -0.3 is 14.0 Å². The van der Waals surface area contributed by atoms with Crippen LogP contribution in [0.15, 0.2) is 150 Å². The summed E-state index contributed by atoms with van der Waals surface area (Å²) in [7, 11) is -1.34. The minimum Gasteiger partial charge on any atom is -0.486 e. The van der Waals surface area contributed by atoms with Crippen LogP contribution in [0.1, 0.15) is 19.4 Å². The summed E-state index contributed by atoms with van der Waals surface area (Å²) in [6, 6.07) is 52.0. The third-order valence-electron chi connectivity index (χ3n) is 9.63. The molecule has 0 aliphatic rings. The van der Waals surface area contributed by atoms with Crippen LogP contribution in [0, 0.1) is 18.1 Å². The molecule has 0 aliphatic carbocycles. The molecule has 5 aromatic carbocycles. The van der Waals surface area contributed by atoms with Gasteiger partial charge in [-0.1, -0.05) is 117 Å². The largest absolute Gasteiger partial charge is 0.486 e. The number of hydrogen-bond donors (Lipinski definition) is 0. The van der Waals surface area contributed by atoms with Gasteiger partial charge in [-0.25, -0.2) is 4.98 Å². The molecule has 9 aromatic rings. The molecular weight excluding hydrogens is 869 g/mol. The van der Waals surface area contributed by atoms with E-state index in [0.29, 0.717) is 11.6 Å². The van der Waals surface area contributed by atoms with Crippen LogP contribution >= 0.6 is 0 Å². The second-order valence-electron chi connectivity index (χ2n) is 15.0. The van der Waals surface area contributed by atoms with E-state index in [1.165, 1.54) is 10.8 Å². The zero-order chi connectivity index (χ0) is 37.2. The molecule has 0 fully saturated rings. The maximum atomic E-state index is 6.24. The molecule has 0 saturated carbocycles. The normalized spacial score (nSPS) is 11.5. The minimum absolute atomic E-state index is 0. The number of pyridine rings is 2. The molecule has 0 saturated heterocycles. The van der Waals surface area contributed by atoms with E-state index in [4.69, 9.17) is 9.40 Å². The second kappa shape index (κ2) is 16.1. The SMILES string of the molecule is CC(C)Cc1cc(-c2[c-]cccc2)ncc1[Si](C)(C)C.[Ir].[c-]1ccc2c(oc3ncccc32)c1-c1nc2ccccc2n1-c1ccccc1-c1ccccc1. The molecular formula is C48H42IrN4OSi-2. The van der Waals surface area contributed by atoms with E-state index in [0.717, 1.165) is 73.3 Å². The number of benzene rings is 5. The van der Waals surface area contributed by atoms with E-state index < -0.39 is 8.07 Å². The monoisotopic (exact) mass is 911 g/mol. The Balaban J connectivity index is 0.000000191. The molecule has 5 nitrogen and oxygen atoms in total. The molecule has 0 N–H and O–H groups in total. The van der Waals surface area contributed by atoms with Crippen molar-refractivity contribution in [2.45, 2.75) is 39.9 Å². The summed E-state index contributed by atoms with van der Waals surface area (Å²) in [4.78, 5) is 14.2. The standard InChI is InChI=1S/C30H18N3O.C18H24NSi.Ir/c1-2-10-20(11-3-1)21-12-4-6-17-26(21)33-27-18-7-5-16-25(27)32-29(33)24-14-8-13-22-23-15-9-19-31-30(23)34-28(22)24;1-14(2)11-16-12-17(15-9-7-6-8-10-15)19-13-18(16)20(3,4)5;/h1-13,15-19H;6-9,12-14H,11H2,1-5H3;/q2*-1;. The summed E-state index contributed by atoms with van der Waals surface area (Å²) in [5.41, 5.74) is 11.1. The van der Waals surface area contributed by atoms with Crippen molar-refractivity contribution >= 4 is 46.4 Å². The second-order valence-corrected chi connectivity index (χ2v) is 20.1. The van der Waals surface area contributed by atoms with Crippen LogP contribution < -0.4 is 5.19 Å². The minimum atomic E-state index is -1.34. The molecule has 7 heteroatoms. The third kappa shape index (κ3) is 7.74. The average Bonchev–Trinajstić information content (AvgIpc) is 3.77. The summed E-state index contributed by atoms with van der Waals surface area (Å²) in [5, 5.41) is 3.48. The Morgan fingerprint density at radius 3 is 2.29 bits per heavy atom. The first-order chi connectivity index (χ1) is 26.3. The summed E-state index contributed by atoms with van der Waals surface area (Å²) < 4.78 is 8.46. The molecule has 4 heterocycles. The Bertz CT molecular complexity index is 2710. The molecule has 0 spiro atoms. The van der Waals surface area contributed by atoms with Crippen LogP contribution in [-0.4, -0.2) is 27.6 Å². The number of imidazole rings is 1. The van der Waals surface area contributed by atoms with Crippen LogP contribution in [0.3, 0.4) is 0 Å².